The van der Waals surface area contributed by atoms with Crippen LogP contribution in [0.2, 0.25) is 0 Å². The Morgan fingerprint density at radius 2 is 2.28 bits per heavy atom. The van der Waals surface area contributed by atoms with E-state index < -0.39 is 0 Å². The molecule has 0 spiro atoms. The minimum Gasteiger partial charge on any atom is -0.464 e. The predicted octanol–water partition coefficient (Wildman–Crippen LogP) is 3.05. The summed E-state index contributed by atoms with van der Waals surface area (Å²) in [6, 6.07) is 3.96. The maximum atomic E-state index is 12.7. The number of nitrogens with zero attached hydrogens (tertiary/aromatic N) is 3. The number of aryl methyl sites for hydroxylation is 2. The van der Waals surface area contributed by atoms with Crippen LogP contribution in [0.4, 0.5) is 0 Å². The maximum absolute atomic E-state index is 12.7. The molecule has 1 aliphatic rings. The first-order valence-electron chi connectivity index (χ1n) is 8.81. The number of aromatic nitrogens is 2. The Morgan fingerprint density at radius 1 is 1.44 bits per heavy atom. The molecule has 25 heavy (non-hydrogen) atoms. The Hall–Kier alpha value is -2.15. The van der Waals surface area contributed by atoms with Crippen LogP contribution in [0.25, 0.3) is 0 Å². The third kappa shape index (κ3) is 4.28. The molecule has 0 radical (unpaired) electrons. The van der Waals surface area contributed by atoms with Gasteiger partial charge in [0.05, 0.1) is 6.04 Å². The van der Waals surface area contributed by atoms with Gasteiger partial charge in [0.1, 0.15) is 24.7 Å². The van der Waals surface area contributed by atoms with E-state index in [1.807, 2.05) is 17.0 Å². The van der Waals surface area contributed by atoms with E-state index in [2.05, 4.69) is 24.0 Å². The monoisotopic (exact) mass is 347 g/mol. The topological polar surface area (TPSA) is 81.6 Å². The summed E-state index contributed by atoms with van der Waals surface area (Å²) in [5, 5.41) is 3.70. The molecule has 1 aliphatic heterocycles. The minimum absolute atomic E-state index is 0.00630. The fourth-order valence-electron chi connectivity index (χ4n) is 3.18. The summed E-state index contributed by atoms with van der Waals surface area (Å²) in [4.78, 5) is 18.6. The van der Waals surface area contributed by atoms with Gasteiger partial charge in [0.25, 0.3) is 5.89 Å². The molecule has 7 heteroatoms. The van der Waals surface area contributed by atoms with Crippen LogP contribution in [0.5, 0.6) is 0 Å². The van der Waals surface area contributed by atoms with E-state index in [0.717, 1.165) is 37.3 Å². The van der Waals surface area contributed by atoms with Crippen molar-refractivity contribution in [2.24, 2.45) is 5.92 Å². The zero-order valence-corrected chi connectivity index (χ0v) is 15.0. The highest BCUT2D eigenvalue weighted by atomic mass is 16.5. The Balaban J connectivity index is 1.61. The summed E-state index contributed by atoms with van der Waals surface area (Å²) in [6.45, 7) is 6.87. The summed E-state index contributed by atoms with van der Waals surface area (Å²) in [7, 11) is 0. The number of ether oxygens (including phenoxy) is 1. The number of rotatable bonds is 6. The van der Waals surface area contributed by atoms with Crippen LogP contribution in [0.3, 0.4) is 0 Å². The molecule has 1 amide bonds. The highest BCUT2D eigenvalue weighted by Gasteiger charge is 2.33. The number of piperidine rings is 1. The number of carbonyl (C=O) groups is 1. The van der Waals surface area contributed by atoms with Gasteiger partial charge in [0, 0.05) is 13.0 Å². The normalized spacial score (nSPS) is 20.8. The Labute approximate surface area is 147 Å². The van der Waals surface area contributed by atoms with Crippen molar-refractivity contribution in [3.8, 4) is 0 Å². The first kappa shape index (κ1) is 17.7. The molecule has 7 nitrogen and oxygen atoms in total. The summed E-state index contributed by atoms with van der Waals surface area (Å²) in [5.41, 5.74) is 0. The molecule has 0 aliphatic carbocycles. The average molecular weight is 347 g/mol. The summed E-state index contributed by atoms with van der Waals surface area (Å²) in [6.07, 6.45) is 2.75. The first-order valence-corrected chi connectivity index (χ1v) is 8.81. The molecule has 1 saturated heterocycles. The highest BCUT2D eigenvalue weighted by molar-refractivity contribution is 5.78. The second-order valence-corrected chi connectivity index (χ2v) is 6.62. The number of hydrogen-bond donors (Lipinski definition) is 0. The summed E-state index contributed by atoms with van der Waals surface area (Å²) in [5.74, 6) is 3.27. The van der Waals surface area contributed by atoms with Crippen LogP contribution in [0.1, 0.15) is 56.0 Å². The van der Waals surface area contributed by atoms with Crippen molar-refractivity contribution in [2.45, 2.75) is 52.7 Å². The predicted molar refractivity (Wildman–Crippen MR) is 89.6 cm³/mol. The van der Waals surface area contributed by atoms with E-state index in [1.165, 1.54) is 0 Å². The molecule has 2 aromatic rings. The largest absolute Gasteiger partial charge is 0.464 e. The van der Waals surface area contributed by atoms with Crippen LogP contribution < -0.4 is 0 Å². The van der Waals surface area contributed by atoms with Gasteiger partial charge in [-0.3, -0.25) is 4.79 Å². The minimum atomic E-state index is -0.0393. The molecule has 2 unspecified atom stereocenters. The molecular formula is C18H25N3O4. The lowest BCUT2D eigenvalue weighted by molar-refractivity contribution is -0.142. The molecule has 136 valence electrons. The van der Waals surface area contributed by atoms with E-state index >= 15 is 0 Å². The third-order valence-corrected chi connectivity index (χ3v) is 4.57. The molecule has 2 aromatic heterocycles. The van der Waals surface area contributed by atoms with E-state index in [0.29, 0.717) is 17.6 Å². The molecule has 3 heterocycles. The van der Waals surface area contributed by atoms with Crippen molar-refractivity contribution in [1.29, 1.82) is 0 Å². The van der Waals surface area contributed by atoms with Crippen LogP contribution >= 0.6 is 0 Å². The number of furan rings is 1. The van der Waals surface area contributed by atoms with Gasteiger partial charge in [-0.05, 0) is 37.8 Å². The molecule has 0 aromatic carbocycles. The van der Waals surface area contributed by atoms with Gasteiger partial charge < -0.3 is 18.6 Å². The van der Waals surface area contributed by atoms with Crippen molar-refractivity contribution in [1.82, 2.24) is 15.0 Å². The van der Waals surface area contributed by atoms with Gasteiger partial charge in [-0.15, -0.1) is 0 Å². The lowest BCUT2D eigenvalue weighted by atomic mass is 9.91. The molecule has 0 bridgehead atoms. The molecule has 0 N–H and O–H groups in total. The SMILES string of the molecule is CCc1ccc(C2CC(C)CCN2C(=O)COCc2nc(C)no2)o1. The standard InChI is InChI=1S/C18H25N3O4/c1-4-14-5-6-16(24-14)15-9-12(2)7-8-21(15)18(22)11-23-10-17-19-13(3)20-25-17/h5-6,12,15H,4,7-11H2,1-3H3. The number of amides is 1. The van der Waals surface area contributed by atoms with Crippen LogP contribution in [-0.4, -0.2) is 34.1 Å². The third-order valence-electron chi connectivity index (χ3n) is 4.57. The van der Waals surface area contributed by atoms with E-state index in [9.17, 15) is 4.79 Å². The molecule has 3 rings (SSSR count). The van der Waals surface area contributed by atoms with Crippen LogP contribution in [-0.2, 0) is 22.6 Å². The Morgan fingerprint density at radius 3 is 2.96 bits per heavy atom. The Bertz CT molecular complexity index is 709. The second-order valence-electron chi connectivity index (χ2n) is 6.62. The van der Waals surface area contributed by atoms with Gasteiger partial charge in [-0.2, -0.15) is 4.98 Å². The van der Waals surface area contributed by atoms with Gasteiger partial charge in [0.15, 0.2) is 5.82 Å². The van der Waals surface area contributed by atoms with Gasteiger partial charge >= 0.3 is 0 Å². The lowest BCUT2D eigenvalue weighted by Gasteiger charge is -2.37. The molecular weight excluding hydrogens is 322 g/mol. The van der Waals surface area contributed by atoms with Crippen molar-refractivity contribution < 1.29 is 18.5 Å². The quantitative estimate of drug-likeness (QED) is 0.799. The van der Waals surface area contributed by atoms with E-state index in [1.54, 1.807) is 6.92 Å². The number of likely N-dealkylation sites (tertiary alicyclic amines) is 1. The van der Waals surface area contributed by atoms with Gasteiger partial charge in [-0.1, -0.05) is 19.0 Å². The molecule has 1 fully saturated rings. The summed E-state index contributed by atoms with van der Waals surface area (Å²) >= 11 is 0. The van der Waals surface area contributed by atoms with Crippen molar-refractivity contribution >= 4 is 5.91 Å². The van der Waals surface area contributed by atoms with Crippen molar-refractivity contribution in [3.63, 3.8) is 0 Å². The molecule has 0 saturated carbocycles. The fraction of sp³-hybridized carbons (Fsp3) is 0.611. The van der Waals surface area contributed by atoms with Gasteiger partial charge in [-0.25, -0.2) is 0 Å². The fourth-order valence-corrected chi connectivity index (χ4v) is 3.18. The van der Waals surface area contributed by atoms with Crippen molar-refractivity contribution in [3.05, 3.63) is 35.4 Å². The number of hydrogen-bond acceptors (Lipinski definition) is 6. The summed E-state index contributed by atoms with van der Waals surface area (Å²) < 4.78 is 16.4. The zero-order chi connectivity index (χ0) is 17.8. The smallest absolute Gasteiger partial charge is 0.252 e. The van der Waals surface area contributed by atoms with Crippen LogP contribution in [0.15, 0.2) is 21.1 Å². The van der Waals surface area contributed by atoms with Crippen LogP contribution in [0, 0.1) is 12.8 Å². The lowest BCUT2D eigenvalue weighted by Crippen LogP contribution is -2.42. The maximum Gasteiger partial charge on any atom is 0.252 e. The molecule has 2 atom stereocenters. The van der Waals surface area contributed by atoms with E-state index in [-0.39, 0.29) is 25.2 Å². The van der Waals surface area contributed by atoms with Crippen molar-refractivity contribution in [2.75, 3.05) is 13.2 Å². The number of carbonyl (C=O) groups excluding carboxylic acids is 1. The highest BCUT2D eigenvalue weighted by Crippen LogP contribution is 2.35. The van der Waals surface area contributed by atoms with Gasteiger partial charge in [0.2, 0.25) is 5.91 Å². The Kier molecular flexibility index (Phi) is 5.53. The average Bonchev–Trinajstić information content (AvgIpc) is 3.23. The second kappa shape index (κ2) is 7.82. The van der Waals surface area contributed by atoms with E-state index in [4.69, 9.17) is 13.7 Å². The first-order chi connectivity index (χ1) is 12.1. The zero-order valence-electron chi connectivity index (χ0n) is 15.0.